The van der Waals surface area contributed by atoms with Gasteiger partial charge >= 0.3 is 0 Å². The summed E-state index contributed by atoms with van der Waals surface area (Å²) in [6.45, 7) is 0. The Morgan fingerprint density at radius 1 is 1.20 bits per heavy atom. The van der Waals surface area contributed by atoms with Crippen molar-refractivity contribution in [3.8, 4) is 0 Å². The fraction of sp³-hybridized carbons (Fsp3) is 0.0625. The van der Waals surface area contributed by atoms with Crippen LogP contribution >= 0.6 is 22.9 Å². The van der Waals surface area contributed by atoms with E-state index in [0.29, 0.717) is 21.7 Å². The summed E-state index contributed by atoms with van der Waals surface area (Å²) in [4.78, 5) is 20.3. The summed E-state index contributed by atoms with van der Waals surface area (Å²) >= 11 is 7.09. The Labute approximate surface area is 150 Å². The second-order valence-electron chi connectivity index (χ2n) is 4.98. The molecule has 0 bridgehead atoms. The van der Waals surface area contributed by atoms with Gasteiger partial charge < -0.3 is 10.6 Å². The summed E-state index contributed by atoms with van der Waals surface area (Å²) in [6, 6.07) is 6.57. The number of nitrogens with zero attached hydrogens (tertiary/aromatic N) is 2. The van der Waals surface area contributed by atoms with Crippen LogP contribution in [0.4, 0.5) is 25.4 Å². The highest BCUT2D eigenvalue weighted by atomic mass is 35.5. The summed E-state index contributed by atoms with van der Waals surface area (Å²) in [5.74, 6) is -1.79. The SMILES string of the molecule is O=C(Cc1csc(Nc2ccc(Cl)cn2)n1)Nc1ccc(F)c(F)c1. The number of anilines is 3. The first-order valence-electron chi connectivity index (χ1n) is 7.07. The van der Waals surface area contributed by atoms with Crippen molar-refractivity contribution in [2.24, 2.45) is 0 Å². The minimum absolute atomic E-state index is 0.00518. The molecule has 128 valence electrons. The normalized spacial score (nSPS) is 10.5. The van der Waals surface area contributed by atoms with Gasteiger partial charge in [-0.2, -0.15) is 0 Å². The molecule has 2 aromatic heterocycles. The van der Waals surface area contributed by atoms with E-state index >= 15 is 0 Å². The second-order valence-corrected chi connectivity index (χ2v) is 6.28. The van der Waals surface area contributed by atoms with E-state index in [1.54, 1.807) is 17.5 Å². The van der Waals surface area contributed by atoms with Crippen LogP contribution in [0.15, 0.2) is 41.9 Å². The number of halogens is 3. The third-order valence-corrected chi connectivity index (χ3v) is 4.09. The summed E-state index contributed by atoms with van der Waals surface area (Å²) in [5.41, 5.74) is 0.726. The number of amides is 1. The van der Waals surface area contributed by atoms with E-state index in [1.165, 1.54) is 23.6 Å². The molecule has 0 atom stereocenters. The number of hydrogen-bond donors (Lipinski definition) is 2. The smallest absolute Gasteiger partial charge is 0.230 e. The highest BCUT2D eigenvalue weighted by Crippen LogP contribution is 2.21. The van der Waals surface area contributed by atoms with Gasteiger partial charge in [0, 0.05) is 23.3 Å². The minimum Gasteiger partial charge on any atom is -0.326 e. The van der Waals surface area contributed by atoms with Gasteiger partial charge in [0.05, 0.1) is 17.1 Å². The lowest BCUT2D eigenvalue weighted by atomic mass is 10.2. The molecular formula is C16H11ClF2N4OS. The lowest BCUT2D eigenvalue weighted by Crippen LogP contribution is -2.14. The van der Waals surface area contributed by atoms with Gasteiger partial charge in [0.25, 0.3) is 0 Å². The zero-order chi connectivity index (χ0) is 17.8. The van der Waals surface area contributed by atoms with E-state index < -0.39 is 11.6 Å². The van der Waals surface area contributed by atoms with Gasteiger partial charge in [-0.25, -0.2) is 18.7 Å². The van der Waals surface area contributed by atoms with Crippen molar-refractivity contribution in [1.82, 2.24) is 9.97 Å². The molecule has 0 saturated carbocycles. The van der Waals surface area contributed by atoms with Crippen LogP contribution in [0.25, 0.3) is 0 Å². The largest absolute Gasteiger partial charge is 0.326 e. The Morgan fingerprint density at radius 3 is 2.76 bits per heavy atom. The predicted molar refractivity (Wildman–Crippen MR) is 93.3 cm³/mol. The van der Waals surface area contributed by atoms with Gasteiger partial charge in [0.15, 0.2) is 16.8 Å². The molecule has 0 spiro atoms. The third-order valence-electron chi connectivity index (χ3n) is 3.06. The number of hydrogen-bond acceptors (Lipinski definition) is 5. The molecule has 5 nitrogen and oxygen atoms in total. The first-order valence-corrected chi connectivity index (χ1v) is 8.33. The van der Waals surface area contributed by atoms with Crippen molar-refractivity contribution in [1.29, 1.82) is 0 Å². The van der Waals surface area contributed by atoms with Crippen molar-refractivity contribution >= 4 is 45.5 Å². The molecule has 9 heteroatoms. The van der Waals surface area contributed by atoms with E-state index in [9.17, 15) is 13.6 Å². The summed E-state index contributed by atoms with van der Waals surface area (Å²) in [7, 11) is 0. The van der Waals surface area contributed by atoms with Crippen molar-refractivity contribution in [3.05, 3.63) is 64.3 Å². The van der Waals surface area contributed by atoms with Crippen LogP contribution in [0, 0.1) is 11.6 Å². The Morgan fingerprint density at radius 2 is 2.04 bits per heavy atom. The van der Waals surface area contributed by atoms with Gasteiger partial charge in [-0.1, -0.05) is 11.6 Å². The monoisotopic (exact) mass is 380 g/mol. The Bertz CT molecular complexity index is 901. The first-order chi connectivity index (χ1) is 12.0. The van der Waals surface area contributed by atoms with Crippen LogP contribution in [0.1, 0.15) is 5.69 Å². The molecule has 0 aliphatic rings. The topological polar surface area (TPSA) is 66.9 Å². The lowest BCUT2D eigenvalue weighted by Gasteiger charge is -2.04. The minimum atomic E-state index is -1.02. The number of thiazole rings is 1. The van der Waals surface area contributed by atoms with Crippen LogP contribution in [0.3, 0.4) is 0 Å². The Kier molecular flexibility index (Phi) is 5.20. The van der Waals surface area contributed by atoms with Crippen LogP contribution in [-0.2, 0) is 11.2 Å². The van der Waals surface area contributed by atoms with Crippen LogP contribution in [0.2, 0.25) is 5.02 Å². The van der Waals surface area contributed by atoms with Crippen molar-refractivity contribution in [2.75, 3.05) is 10.6 Å². The summed E-state index contributed by atoms with van der Waals surface area (Å²) in [6.07, 6.45) is 1.51. The summed E-state index contributed by atoms with van der Waals surface area (Å²) in [5, 5.41) is 8.32. The molecule has 3 rings (SSSR count). The number of pyridine rings is 1. The number of benzene rings is 1. The highest BCUT2D eigenvalue weighted by Gasteiger charge is 2.10. The lowest BCUT2D eigenvalue weighted by molar-refractivity contribution is -0.115. The van der Waals surface area contributed by atoms with Crippen molar-refractivity contribution in [2.45, 2.75) is 6.42 Å². The molecule has 0 aliphatic heterocycles. The number of rotatable bonds is 5. The van der Waals surface area contributed by atoms with Gasteiger partial charge in [-0.15, -0.1) is 11.3 Å². The number of nitrogens with one attached hydrogen (secondary N) is 2. The van der Waals surface area contributed by atoms with Gasteiger partial charge in [0.2, 0.25) is 5.91 Å². The van der Waals surface area contributed by atoms with E-state index in [4.69, 9.17) is 11.6 Å². The maximum atomic E-state index is 13.1. The molecule has 0 radical (unpaired) electrons. The highest BCUT2D eigenvalue weighted by molar-refractivity contribution is 7.13. The van der Waals surface area contributed by atoms with Crippen LogP contribution in [-0.4, -0.2) is 15.9 Å². The van der Waals surface area contributed by atoms with E-state index in [0.717, 1.165) is 12.1 Å². The molecule has 2 N–H and O–H groups in total. The van der Waals surface area contributed by atoms with Crippen molar-refractivity contribution < 1.29 is 13.6 Å². The molecule has 1 amide bonds. The standard InChI is InChI=1S/C16H11ClF2N4OS/c17-9-1-4-14(20-7-9)23-16-22-11(8-25-16)6-15(24)21-10-2-3-12(18)13(19)5-10/h1-5,7-8H,6H2,(H,21,24)(H,20,22,23). The molecule has 0 fully saturated rings. The maximum Gasteiger partial charge on any atom is 0.230 e. The quantitative estimate of drug-likeness (QED) is 0.688. The van der Waals surface area contributed by atoms with E-state index in [1.807, 2.05) is 0 Å². The molecule has 0 aliphatic carbocycles. The number of carbonyl (C=O) groups excluding carboxylic acids is 1. The van der Waals surface area contributed by atoms with E-state index in [2.05, 4.69) is 20.6 Å². The Balaban J connectivity index is 1.59. The number of carbonyl (C=O) groups is 1. The third kappa shape index (κ3) is 4.71. The molecule has 0 saturated heterocycles. The fourth-order valence-electron chi connectivity index (χ4n) is 1.95. The second kappa shape index (κ2) is 7.54. The maximum absolute atomic E-state index is 13.1. The molecule has 3 aromatic rings. The molecule has 0 unspecified atom stereocenters. The fourth-order valence-corrected chi connectivity index (χ4v) is 2.78. The average Bonchev–Trinajstić information content (AvgIpc) is 3.00. The van der Waals surface area contributed by atoms with Crippen LogP contribution < -0.4 is 10.6 Å². The molecule has 1 aromatic carbocycles. The molecule has 25 heavy (non-hydrogen) atoms. The first kappa shape index (κ1) is 17.2. The zero-order valence-corrected chi connectivity index (χ0v) is 14.2. The zero-order valence-electron chi connectivity index (χ0n) is 12.6. The predicted octanol–water partition coefficient (Wildman–Crippen LogP) is 4.39. The number of aromatic nitrogens is 2. The average molecular weight is 381 g/mol. The van der Waals surface area contributed by atoms with Gasteiger partial charge in [0.1, 0.15) is 5.82 Å². The van der Waals surface area contributed by atoms with Crippen LogP contribution in [0.5, 0.6) is 0 Å². The van der Waals surface area contributed by atoms with Gasteiger partial charge in [-0.3, -0.25) is 4.79 Å². The molecule has 2 heterocycles. The summed E-state index contributed by atoms with van der Waals surface area (Å²) < 4.78 is 26.0. The van der Waals surface area contributed by atoms with E-state index in [-0.39, 0.29) is 18.0 Å². The van der Waals surface area contributed by atoms with Gasteiger partial charge in [-0.05, 0) is 24.3 Å². The molecular weight excluding hydrogens is 370 g/mol. The van der Waals surface area contributed by atoms with Crippen molar-refractivity contribution in [3.63, 3.8) is 0 Å². The Hall–Kier alpha value is -2.58.